The first kappa shape index (κ1) is 26.0. The van der Waals surface area contributed by atoms with E-state index in [1.165, 1.54) is 46.8 Å². The van der Waals surface area contributed by atoms with Crippen LogP contribution in [0.2, 0.25) is 0 Å². The molecule has 4 rings (SSSR count). The molecule has 1 N–H and O–H groups in total. The Bertz CT molecular complexity index is 1480. The first-order chi connectivity index (χ1) is 17.1. The maximum Gasteiger partial charge on any atom is 0.279 e. The number of hydrogen-bond acceptors (Lipinski definition) is 6. The summed E-state index contributed by atoms with van der Waals surface area (Å²) in [7, 11) is -3.71. The van der Waals surface area contributed by atoms with Gasteiger partial charge in [0.25, 0.3) is 5.91 Å². The number of sulfonamides is 1. The lowest BCUT2D eigenvalue weighted by molar-refractivity contribution is -0.114. The van der Waals surface area contributed by atoms with Crippen LogP contribution in [0.15, 0.2) is 65.0 Å². The van der Waals surface area contributed by atoms with Crippen LogP contribution in [0.5, 0.6) is 0 Å². The van der Waals surface area contributed by atoms with Crippen LogP contribution in [0.3, 0.4) is 0 Å². The fourth-order valence-corrected chi connectivity index (χ4v) is 6.81. The number of carbonyl (C=O) groups excluding carboxylic acids is 2. The third kappa shape index (κ3) is 5.49. The van der Waals surface area contributed by atoms with Gasteiger partial charge in [0, 0.05) is 37.8 Å². The van der Waals surface area contributed by atoms with Crippen LogP contribution in [-0.2, 0) is 26.1 Å². The van der Waals surface area contributed by atoms with E-state index >= 15 is 0 Å². The van der Waals surface area contributed by atoms with E-state index in [2.05, 4.69) is 16.9 Å². The predicted octanol–water partition coefficient (Wildman–Crippen LogP) is 3.39. The monoisotopic (exact) mass is 528 g/mol. The van der Waals surface area contributed by atoms with Gasteiger partial charge in [0.15, 0.2) is 4.80 Å². The molecule has 1 aromatic heterocycles. The maximum atomic E-state index is 13.1. The van der Waals surface area contributed by atoms with Crippen molar-refractivity contribution in [2.24, 2.45) is 4.99 Å². The van der Waals surface area contributed by atoms with Crippen molar-refractivity contribution in [3.8, 4) is 0 Å². The Morgan fingerprint density at radius 3 is 2.44 bits per heavy atom. The van der Waals surface area contributed by atoms with E-state index in [1.54, 1.807) is 12.1 Å². The van der Waals surface area contributed by atoms with Crippen molar-refractivity contribution in [3.05, 3.63) is 65.5 Å². The zero-order valence-electron chi connectivity index (χ0n) is 20.3. The second-order valence-electron chi connectivity index (χ2n) is 8.67. The molecule has 3 aromatic rings. The van der Waals surface area contributed by atoms with Crippen LogP contribution in [0.4, 0.5) is 5.69 Å². The number of nitrogens with one attached hydrogen (secondary N) is 1. The largest absolute Gasteiger partial charge is 0.373 e. The summed E-state index contributed by atoms with van der Waals surface area (Å²) in [6.45, 7) is 9.91. The zero-order valence-corrected chi connectivity index (χ0v) is 21.9. The van der Waals surface area contributed by atoms with E-state index in [0.29, 0.717) is 17.0 Å². The summed E-state index contributed by atoms with van der Waals surface area (Å²) in [6, 6.07) is 11.3. The minimum absolute atomic E-state index is 0.120. The number of allylic oxidation sites excluding steroid dienone is 1. The van der Waals surface area contributed by atoms with Gasteiger partial charge in [0.1, 0.15) is 0 Å². The van der Waals surface area contributed by atoms with Crippen LogP contribution in [0.1, 0.15) is 31.1 Å². The molecule has 1 aliphatic heterocycles. The first-order valence-electron chi connectivity index (χ1n) is 11.4. The van der Waals surface area contributed by atoms with Gasteiger partial charge in [-0.05, 0) is 56.3 Å². The van der Waals surface area contributed by atoms with Gasteiger partial charge < -0.3 is 14.6 Å². The molecular weight excluding hydrogens is 500 g/mol. The lowest BCUT2D eigenvalue weighted by Crippen LogP contribution is -2.48. The summed E-state index contributed by atoms with van der Waals surface area (Å²) >= 11 is 1.32. The molecule has 2 unspecified atom stereocenters. The highest BCUT2D eigenvalue weighted by molar-refractivity contribution is 7.89. The standard InChI is InChI=1S/C25H28N4O5S2/c1-5-12-29-22-11-8-20(26-18(4)30)13-23(22)35-25(29)27-24(31)19-6-9-21(10-7-19)36(32,33)28-14-16(2)34-17(3)15-28/h5-11,13,16-17H,1,12,14-15H2,2-4H3,(H,26,30). The Labute approximate surface area is 213 Å². The Morgan fingerprint density at radius 2 is 1.83 bits per heavy atom. The highest BCUT2D eigenvalue weighted by Gasteiger charge is 2.32. The molecule has 0 spiro atoms. The zero-order chi connectivity index (χ0) is 26.0. The first-order valence-corrected chi connectivity index (χ1v) is 13.7. The van der Waals surface area contributed by atoms with Gasteiger partial charge in [0.05, 0.1) is 27.3 Å². The topological polar surface area (TPSA) is 110 Å². The highest BCUT2D eigenvalue weighted by atomic mass is 32.2. The van der Waals surface area contributed by atoms with Crippen molar-refractivity contribution in [2.45, 2.75) is 44.4 Å². The van der Waals surface area contributed by atoms with Crippen molar-refractivity contribution in [2.75, 3.05) is 18.4 Å². The number of morpholine rings is 1. The van der Waals surface area contributed by atoms with E-state index in [-0.39, 0.29) is 41.7 Å². The van der Waals surface area contributed by atoms with Crippen molar-refractivity contribution in [1.82, 2.24) is 8.87 Å². The molecule has 36 heavy (non-hydrogen) atoms. The molecule has 2 atom stereocenters. The Kier molecular flexibility index (Phi) is 7.55. The summed E-state index contributed by atoms with van der Waals surface area (Å²) in [4.78, 5) is 29.3. The van der Waals surface area contributed by atoms with Crippen LogP contribution in [0.25, 0.3) is 10.2 Å². The van der Waals surface area contributed by atoms with Crippen molar-refractivity contribution < 1.29 is 22.7 Å². The predicted molar refractivity (Wildman–Crippen MR) is 139 cm³/mol. The third-order valence-corrected chi connectivity index (χ3v) is 8.52. The van der Waals surface area contributed by atoms with Gasteiger partial charge in [-0.2, -0.15) is 9.30 Å². The molecule has 0 aliphatic carbocycles. The number of aromatic nitrogens is 1. The van der Waals surface area contributed by atoms with Gasteiger partial charge in [-0.15, -0.1) is 6.58 Å². The number of carbonyl (C=O) groups is 2. The Balaban J connectivity index is 1.63. The SMILES string of the molecule is C=CCn1c(=NC(=O)c2ccc(S(=O)(=O)N3CC(C)OC(C)C3)cc2)sc2cc(NC(C)=O)ccc21. The summed E-state index contributed by atoms with van der Waals surface area (Å²) in [5.41, 5.74) is 1.79. The number of benzene rings is 2. The van der Waals surface area contributed by atoms with Gasteiger partial charge in [-0.1, -0.05) is 17.4 Å². The van der Waals surface area contributed by atoms with Gasteiger partial charge in [-0.25, -0.2) is 8.42 Å². The summed E-state index contributed by atoms with van der Waals surface area (Å²) in [5, 5.41) is 2.75. The van der Waals surface area contributed by atoms with E-state index in [4.69, 9.17) is 4.74 Å². The normalized spacial score (nSPS) is 19.4. The molecule has 0 saturated carbocycles. The van der Waals surface area contributed by atoms with E-state index in [9.17, 15) is 18.0 Å². The number of fused-ring (bicyclic) bond motifs is 1. The quantitative estimate of drug-likeness (QED) is 0.493. The summed E-state index contributed by atoms with van der Waals surface area (Å²) in [6.07, 6.45) is 1.33. The van der Waals surface area contributed by atoms with Crippen molar-refractivity contribution in [1.29, 1.82) is 0 Å². The molecule has 2 heterocycles. The fourth-order valence-electron chi connectivity index (χ4n) is 4.14. The molecule has 9 nitrogen and oxygen atoms in total. The van der Waals surface area contributed by atoms with Crippen LogP contribution < -0.4 is 10.1 Å². The van der Waals surface area contributed by atoms with Crippen molar-refractivity contribution in [3.63, 3.8) is 0 Å². The van der Waals surface area contributed by atoms with E-state index in [1.807, 2.05) is 30.5 Å². The molecule has 0 bridgehead atoms. The lowest BCUT2D eigenvalue weighted by Gasteiger charge is -2.34. The van der Waals surface area contributed by atoms with Crippen LogP contribution >= 0.6 is 11.3 Å². The third-order valence-electron chi connectivity index (χ3n) is 5.64. The molecule has 11 heteroatoms. The average molecular weight is 529 g/mol. The van der Waals surface area contributed by atoms with Crippen molar-refractivity contribution >= 4 is 49.1 Å². The number of rotatable bonds is 6. The number of thiazole rings is 1. The Hall–Kier alpha value is -3.12. The number of ether oxygens (including phenoxy) is 1. The summed E-state index contributed by atoms with van der Waals surface area (Å²) in [5.74, 6) is -0.660. The van der Waals surface area contributed by atoms with Crippen LogP contribution in [0, 0.1) is 0 Å². The number of amides is 2. The fraction of sp³-hybridized carbons (Fsp3) is 0.320. The molecule has 2 aromatic carbocycles. The molecule has 1 saturated heterocycles. The highest BCUT2D eigenvalue weighted by Crippen LogP contribution is 2.23. The molecule has 190 valence electrons. The summed E-state index contributed by atoms with van der Waals surface area (Å²) < 4.78 is 35.9. The second-order valence-corrected chi connectivity index (χ2v) is 11.6. The van der Waals surface area contributed by atoms with Gasteiger partial charge in [0.2, 0.25) is 15.9 Å². The molecule has 1 aliphatic rings. The van der Waals surface area contributed by atoms with Crippen LogP contribution in [-0.4, -0.2) is 54.4 Å². The number of hydrogen-bond donors (Lipinski definition) is 1. The minimum Gasteiger partial charge on any atom is -0.373 e. The average Bonchev–Trinajstić information content (AvgIpc) is 3.14. The smallest absolute Gasteiger partial charge is 0.279 e. The lowest BCUT2D eigenvalue weighted by atomic mass is 10.2. The van der Waals surface area contributed by atoms with E-state index in [0.717, 1.165) is 10.2 Å². The number of nitrogens with zero attached hydrogens (tertiary/aromatic N) is 3. The molecule has 2 amide bonds. The van der Waals surface area contributed by atoms with E-state index < -0.39 is 15.9 Å². The number of anilines is 1. The van der Waals surface area contributed by atoms with Gasteiger partial charge in [-0.3, -0.25) is 9.59 Å². The molecule has 1 fully saturated rings. The molecular formula is C25H28N4O5S2. The Morgan fingerprint density at radius 1 is 1.17 bits per heavy atom. The minimum atomic E-state index is -3.71. The molecule has 0 radical (unpaired) electrons. The van der Waals surface area contributed by atoms with Gasteiger partial charge >= 0.3 is 0 Å². The maximum absolute atomic E-state index is 13.1. The second kappa shape index (κ2) is 10.5.